The Labute approximate surface area is 151 Å². The number of phosphoric acid groups is 1. The number of hydrogen-bond acceptors (Lipinski definition) is 4. The molecule has 0 bridgehead atoms. The van der Waals surface area contributed by atoms with E-state index in [2.05, 4.69) is 6.92 Å². The summed E-state index contributed by atoms with van der Waals surface area (Å²) < 4.78 is 26.3. The quantitative estimate of drug-likeness (QED) is 0.421. The van der Waals surface area contributed by atoms with Crippen LogP contribution in [-0.4, -0.2) is 49.8 Å². The number of ether oxygens (including phenoxy) is 1. The predicted molar refractivity (Wildman–Crippen MR) is 78.5 cm³/mol. The van der Waals surface area contributed by atoms with Gasteiger partial charge in [-0.15, -0.1) is 0 Å². The Balaban J connectivity index is -0.000000452. The second-order valence-corrected chi connectivity index (χ2v) is 9.59. The normalized spacial score (nSPS) is 24.5. The molecule has 1 aliphatic rings. The first-order chi connectivity index (χ1) is 9.20. The summed E-state index contributed by atoms with van der Waals surface area (Å²) >= 11 is 0. The van der Waals surface area contributed by atoms with Gasteiger partial charge in [0.2, 0.25) is 0 Å². The molecule has 0 radical (unpaired) electrons. The average Bonchev–Trinajstić information content (AvgIpc) is 2.38. The van der Waals surface area contributed by atoms with Gasteiger partial charge in [0.1, 0.15) is 5.22 Å². The maximum atomic E-state index is 8.88. The minimum atomic E-state index is -4.64. The Morgan fingerprint density at radius 3 is 2.00 bits per heavy atom. The minimum Gasteiger partial charge on any atom is -1.00 e. The third-order valence-corrected chi connectivity index (χ3v) is 8.16. The van der Waals surface area contributed by atoms with Crippen molar-refractivity contribution in [2.75, 3.05) is 21.3 Å². The SMILES string of the molecule is CCCC1(OC)CCCC[Si]1(OC)OC.O=P(O)(O)O.[H-].[Na+]. The van der Waals surface area contributed by atoms with Crippen molar-refractivity contribution in [1.29, 1.82) is 0 Å². The molecule has 3 N–H and O–H groups in total. The van der Waals surface area contributed by atoms with Gasteiger partial charge < -0.3 is 29.7 Å². The maximum Gasteiger partial charge on any atom is 1.00 e. The molecule has 7 nitrogen and oxygen atoms in total. The molecule has 1 heterocycles. The van der Waals surface area contributed by atoms with E-state index in [1.54, 1.807) is 21.3 Å². The molecule has 124 valence electrons. The van der Waals surface area contributed by atoms with E-state index < -0.39 is 16.4 Å². The summed E-state index contributed by atoms with van der Waals surface area (Å²) in [6.07, 6.45) is 5.70. The van der Waals surface area contributed by atoms with Gasteiger partial charge >= 0.3 is 45.9 Å². The minimum absolute atomic E-state index is 0. The van der Waals surface area contributed by atoms with Crippen LogP contribution in [0.1, 0.15) is 40.5 Å². The third kappa shape index (κ3) is 7.54. The number of methoxy groups -OCH3 is 1. The molecule has 0 amide bonds. The van der Waals surface area contributed by atoms with Crippen LogP contribution >= 0.6 is 7.82 Å². The molecule has 0 aromatic rings. The first-order valence-electron chi connectivity index (χ1n) is 6.64. The summed E-state index contributed by atoms with van der Waals surface area (Å²) in [4.78, 5) is 21.6. The first-order valence-corrected chi connectivity index (χ1v) is 10.2. The van der Waals surface area contributed by atoms with Gasteiger partial charge in [-0.05, 0) is 18.9 Å². The Morgan fingerprint density at radius 2 is 1.67 bits per heavy atom. The van der Waals surface area contributed by atoms with Gasteiger partial charge in [0, 0.05) is 21.3 Å². The molecule has 0 saturated carbocycles. The van der Waals surface area contributed by atoms with Crippen molar-refractivity contribution in [2.45, 2.75) is 50.3 Å². The van der Waals surface area contributed by atoms with Crippen LogP contribution in [0.15, 0.2) is 0 Å². The third-order valence-electron chi connectivity index (χ3n) is 3.73. The van der Waals surface area contributed by atoms with Crippen LogP contribution in [0.25, 0.3) is 0 Å². The molecule has 21 heavy (non-hydrogen) atoms. The molecule has 0 aliphatic carbocycles. The largest absolute Gasteiger partial charge is 1.00 e. The fourth-order valence-electron chi connectivity index (χ4n) is 2.92. The van der Waals surface area contributed by atoms with Gasteiger partial charge in [-0.1, -0.05) is 26.2 Å². The summed E-state index contributed by atoms with van der Waals surface area (Å²) in [6.45, 7) is 2.19. The van der Waals surface area contributed by atoms with E-state index in [1.165, 1.54) is 12.8 Å². The zero-order valence-corrected chi connectivity index (χ0v) is 17.6. The second-order valence-electron chi connectivity index (χ2n) is 4.83. The average molecular weight is 354 g/mol. The Kier molecular flexibility index (Phi) is 12.7. The van der Waals surface area contributed by atoms with Crippen molar-refractivity contribution < 1.29 is 63.8 Å². The standard InChI is InChI=1S/C11H24O3Si.Na.H3O4P.H/c1-5-8-11(12-2)9-6-7-10-15(11,13-3)14-4;;1-5(2,3)4;/h5-10H2,1-4H3;;(H3,1,2,3,4);/q;+1;;-1. The molecule has 1 fully saturated rings. The van der Waals surface area contributed by atoms with Crippen LogP contribution in [0.2, 0.25) is 6.04 Å². The Morgan fingerprint density at radius 1 is 1.19 bits per heavy atom. The zero-order chi connectivity index (χ0) is 15.9. The summed E-state index contributed by atoms with van der Waals surface area (Å²) in [6, 6.07) is 1.06. The molecule has 0 aromatic heterocycles. The smallest absolute Gasteiger partial charge is 1.00 e. The Bertz CT molecular complexity index is 317. The summed E-state index contributed by atoms with van der Waals surface area (Å²) in [7, 11) is -1.42. The van der Waals surface area contributed by atoms with Gasteiger partial charge in [-0.25, -0.2) is 4.57 Å². The molecule has 1 atom stereocenters. The summed E-state index contributed by atoms with van der Waals surface area (Å²) in [5.41, 5.74) is 0. The molecule has 0 aromatic carbocycles. The fourth-order valence-corrected chi connectivity index (χ4v) is 6.91. The van der Waals surface area contributed by atoms with Crippen LogP contribution in [0.4, 0.5) is 0 Å². The van der Waals surface area contributed by atoms with Crippen LogP contribution in [0.3, 0.4) is 0 Å². The molecule has 1 unspecified atom stereocenters. The zero-order valence-electron chi connectivity index (χ0n) is 14.7. The van der Waals surface area contributed by atoms with Crippen LogP contribution < -0.4 is 29.6 Å². The monoisotopic (exact) mass is 354 g/mol. The number of hydrogen-bond donors (Lipinski definition) is 3. The van der Waals surface area contributed by atoms with Gasteiger partial charge in [-0.2, -0.15) is 0 Å². The Hall–Kier alpha value is 1.21. The molecule has 1 aliphatic heterocycles. The number of rotatable bonds is 5. The molecule has 0 spiro atoms. The van der Waals surface area contributed by atoms with E-state index >= 15 is 0 Å². The molecule has 1 saturated heterocycles. The van der Waals surface area contributed by atoms with E-state index in [0.717, 1.165) is 25.3 Å². The van der Waals surface area contributed by atoms with Crippen molar-refractivity contribution in [2.24, 2.45) is 0 Å². The van der Waals surface area contributed by atoms with E-state index in [-0.39, 0.29) is 36.2 Å². The molecule has 10 heteroatoms. The summed E-state index contributed by atoms with van der Waals surface area (Å²) in [5.74, 6) is 0. The van der Waals surface area contributed by atoms with Crippen LogP contribution in [-0.2, 0) is 18.2 Å². The van der Waals surface area contributed by atoms with E-state index in [9.17, 15) is 0 Å². The van der Waals surface area contributed by atoms with Gasteiger partial charge in [-0.3, -0.25) is 0 Å². The van der Waals surface area contributed by atoms with Crippen LogP contribution in [0.5, 0.6) is 0 Å². The van der Waals surface area contributed by atoms with Crippen LogP contribution in [0, 0.1) is 0 Å². The van der Waals surface area contributed by atoms with E-state index in [4.69, 9.17) is 32.8 Å². The van der Waals surface area contributed by atoms with Gasteiger partial charge in [0.25, 0.3) is 0 Å². The van der Waals surface area contributed by atoms with Crippen molar-refractivity contribution in [3.8, 4) is 0 Å². The first kappa shape index (κ1) is 24.5. The van der Waals surface area contributed by atoms with Crippen molar-refractivity contribution in [1.82, 2.24) is 0 Å². The van der Waals surface area contributed by atoms with E-state index in [0.29, 0.717) is 0 Å². The topological polar surface area (TPSA) is 105 Å². The van der Waals surface area contributed by atoms with Gasteiger partial charge in [0.05, 0.1) is 0 Å². The molecular weight excluding hydrogens is 326 g/mol. The fraction of sp³-hybridized carbons (Fsp3) is 1.00. The second kappa shape index (κ2) is 10.9. The molecular formula is C11H28NaO7PSi. The van der Waals surface area contributed by atoms with Crippen molar-refractivity contribution in [3.05, 3.63) is 0 Å². The van der Waals surface area contributed by atoms with Gasteiger partial charge in [0.15, 0.2) is 0 Å². The van der Waals surface area contributed by atoms with Crippen molar-refractivity contribution >= 4 is 16.4 Å². The molecule has 1 rings (SSSR count). The predicted octanol–water partition coefficient (Wildman–Crippen LogP) is -1.18. The van der Waals surface area contributed by atoms with E-state index in [1.807, 2.05) is 0 Å². The maximum absolute atomic E-state index is 8.88. The van der Waals surface area contributed by atoms with Crippen molar-refractivity contribution in [3.63, 3.8) is 0 Å². The summed E-state index contributed by atoms with van der Waals surface area (Å²) in [5, 5.41) is -0.122.